The standard InChI is InChI=1S/C17H23N3/c1-2-3-11-20(17-7-5-4-6-8-17)14-16-10-9-15(12-18)13-19-16/h4-10,13H,2-3,11-12,14,18H2,1H3. The molecule has 2 aromatic rings. The van der Waals surface area contributed by atoms with E-state index < -0.39 is 0 Å². The summed E-state index contributed by atoms with van der Waals surface area (Å²) in [5.41, 5.74) is 9.03. The van der Waals surface area contributed by atoms with Crippen LogP contribution in [0.1, 0.15) is 31.0 Å². The highest BCUT2D eigenvalue weighted by atomic mass is 15.1. The van der Waals surface area contributed by atoms with Gasteiger partial charge in [0, 0.05) is 25.0 Å². The SMILES string of the molecule is CCCCN(Cc1ccc(CN)cn1)c1ccccc1. The Kier molecular flexibility index (Phi) is 5.56. The van der Waals surface area contributed by atoms with Crippen molar-refractivity contribution in [2.75, 3.05) is 11.4 Å². The summed E-state index contributed by atoms with van der Waals surface area (Å²) in [4.78, 5) is 6.88. The third kappa shape index (κ3) is 4.07. The van der Waals surface area contributed by atoms with Crippen LogP contribution in [0.2, 0.25) is 0 Å². The first-order chi connectivity index (χ1) is 9.83. The average molecular weight is 269 g/mol. The summed E-state index contributed by atoms with van der Waals surface area (Å²) in [6, 6.07) is 14.7. The number of pyridine rings is 1. The maximum Gasteiger partial charge on any atom is 0.0602 e. The van der Waals surface area contributed by atoms with Crippen molar-refractivity contribution >= 4 is 5.69 Å². The first-order valence-electron chi connectivity index (χ1n) is 7.27. The fraction of sp³-hybridized carbons (Fsp3) is 0.353. The van der Waals surface area contributed by atoms with Crippen LogP contribution in [0, 0.1) is 0 Å². The highest BCUT2D eigenvalue weighted by Crippen LogP contribution is 2.17. The number of hydrogen-bond acceptors (Lipinski definition) is 3. The molecular formula is C17H23N3. The summed E-state index contributed by atoms with van der Waals surface area (Å²) in [5, 5.41) is 0. The van der Waals surface area contributed by atoms with E-state index in [4.69, 9.17) is 5.73 Å². The van der Waals surface area contributed by atoms with Gasteiger partial charge in [0.25, 0.3) is 0 Å². The number of aromatic nitrogens is 1. The second kappa shape index (κ2) is 7.65. The molecule has 0 unspecified atom stereocenters. The minimum absolute atomic E-state index is 0.547. The zero-order chi connectivity index (χ0) is 14.2. The van der Waals surface area contributed by atoms with Crippen LogP contribution in [0.3, 0.4) is 0 Å². The van der Waals surface area contributed by atoms with E-state index in [0.717, 1.165) is 24.3 Å². The minimum Gasteiger partial charge on any atom is -0.366 e. The molecule has 0 bridgehead atoms. The van der Waals surface area contributed by atoms with E-state index in [0.29, 0.717) is 6.54 Å². The molecule has 0 fully saturated rings. The van der Waals surface area contributed by atoms with E-state index >= 15 is 0 Å². The number of unbranched alkanes of at least 4 members (excludes halogenated alkanes) is 1. The molecular weight excluding hydrogens is 246 g/mol. The first kappa shape index (κ1) is 14.5. The normalized spacial score (nSPS) is 10.5. The van der Waals surface area contributed by atoms with Crippen LogP contribution in [0.25, 0.3) is 0 Å². The van der Waals surface area contributed by atoms with Crippen molar-refractivity contribution in [3.63, 3.8) is 0 Å². The van der Waals surface area contributed by atoms with Gasteiger partial charge in [0.05, 0.1) is 12.2 Å². The monoisotopic (exact) mass is 269 g/mol. The van der Waals surface area contributed by atoms with E-state index in [1.807, 2.05) is 6.20 Å². The average Bonchev–Trinajstić information content (AvgIpc) is 2.53. The number of para-hydroxylation sites is 1. The minimum atomic E-state index is 0.547. The Morgan fingerprint density at radius 3 is 2.50 bits per heavy atom. The molecule has 3 nitrogen and oxygen atoms in total. The van der Waals surface area contributed by atoms with Gasteiger partial charge >= 0.3 is 0 Å². The molecule has 0 amide bonds. The fourth-order valence-electron chi connectivity index (χ4n) is 2.15. The van der Waals surface area contributed by atoms with E-state index in [-0.39, 0.29) is 0 Å². The fourth-order valence-corrected chi connectivity index (χ4v) is 2.15. The zero-order valence-electron chi connectivity index (χ0n) is 12.1. The van der Waals surface area contributed by atoms with Gasteiger partial charge in [-0.15, -0.1) is 0 Å². The van der Waals surface area contributed by atoms with Gasteiger partial charge < -0.3 is 10.6 Å². The molecule has 0 atom stereocenters. The summed E-state index contributed by atoms with van der Waals surface area (Å²) in [7, 11) is 0. The van der Waals surface area contributed by atoms with Crippen molar-refractivity contribution in [1.82, 2.24) is 4.98 Å². The lowest BCUT2D eigenvalue weighted by molar-refractivity contribution is 0.707. The van der Waals surface area contributed by atoms with Crippen molar-refractivity contribution in [2.45, 2.75) is 32.9 Å². The van der Waals surface area contributed by atoms with Crippen LogP contribution in [-0.2, 0) is 13.1 Å². The number of hydrogen-bond donors (Lipinski definition) is 1. The van der Waals surface area contributed by atoms with Gasteiger partial charge in [-0.2, -0.15) is 0 Å². The molecule has 1 heterocycles. The van der Waals surface area contributed by atoms with E-state index in [1.54, 1.807) is 0 Å². The molecule has 1 aromatic heterocycles. The van der Waals surface area contributed by atoms with Gasteiger partial charge in [0.1, 0.15) is 0 Å². The van der Waals surface area contributed by atoms with Gasteiger partial charge in [-0.25, -0.2) is 0 Å². The largest absolute Gasteiger partial charge is 0.366 e. The zero-order valence-corrected chi connectivity index (χ0v) is 12.1. The van der Waals surface area contributed by atoms with Gasteiger partial charge in [0.15, 0.2) is 0 Å². The summed E-state index contributed by atoms with van der Waals surface area (Å²) >= 11 is 0. The number of benzene rings is 1. The molecule has 2 rings (SSSR count). The Hall–Kier alpha value is -1.87. The molecule has 0 spiro atoms. The molecule has 0 saturated carbocycles. The van der Waals surface area contributed by atoms with Crippen LogP contribution >= 0.6 is 0 Å². The molecule has 0 radical (unpaired) electrons. The van der Waals surface area contributed by atoms with Crippen molar-refractivity contribution < 1.29 is 0 Å². The molecule has 1 aromatic carbocycles. The van der Waals surface area contributed by atoms with Crippen LogP contribution in [0.5, 0.6) is 0 Å². The van der Waals surface area contributed by atoms with Crippen LogP contribution in [0.15, 0.2) is 48.7 Å². The predicted molar refractivity (Wildman–Crippen MR) is 84.5 cm³/mol. The molecule has 0 aliphatic carbocycles. The van der Waals surface area contributed by atoms with Crippen molar-refractivity contribution in [3.05, 3.63) is 59.9 Å². The van der Waals surface area contributed by atoms with Gasteiger partial charge in [0.2, 0.25) is 0 Å². The number of anilines is 1. The molecule has 0 saturated heterocycles. The highest BCUT2D eigenvalue weighted by Gasteiger charge is 2.07. The van der Waals surface area contributed by atoms with Crippen LogP contribution in [-0.4, -0.2) is 11.5 Å². The van der Waals surface area contributed by atoms with Gasteiger partial charge in [-0.1, -0.05) is 37.6 Å². The lowest BCUT2D eigenvalue weighted by Gasteiger charge is -2.24. The molecule has 3 heteroatoms. The summed E-state index contributed by atoms with van der Waals surface area (Å²) in [6.07, 6.45) is 4.26. The Morgan fingerprint density at radius 1 is 1.10 bits per heavy atom. The van der Waals surface area contributed by atoms with Gasteiger partial charge in [-0.3, -0.25) is 4.98 Å². The molecule has 2 N–H and O–H groups in total. The van der Waals surface area contributed by atoms with Crippen molar-refractivity contribution in [2.24, 2.45) is 5.73 Å². The number of nitrogens with two attached hydrogens (primary N) is 1. The summed E-state index contributed by atoms with van der Waals surface area (Å²) in [6.45, 7) is 4.67. The smallest absolute Gasteiger partial charge is 0.0602 e. The lowest BCUT2D eigenvalue weighted by atomic mass is 10.2. The van der Waals surface area contributed by atoms with E-state index in [2.05, 4.69) is 59.3 Å². The van der Waals surface area contributed by atoms with Crippen LogP contribution < -0.4 is 10.6 Å². The maximum atomic E-state index is 5.61. The Bertz CT molecular complexity index is 493. The topological polar surface area (TPSA) is 42.1 Å². The predicted octanol–water partition coefficient (Wildman–Crippen LogP) is 3.35. The van der Waals surface area contributed by atoms with E-state index in [1.165, 1.54) is 18.5 Å². The molecule has 20 heavy (non-hydrogen) atoms. The third-order valence-corrected chi connectivity index (χ3v) is 3.38. The summed E-state index contributed by atoms with van der Waals surface area (Å²) in [5.74, 6) is 0. The summed E-state index contributed by atoms with van der Waals surface area (Å²) < 4.78 is 0. The van der Waals surface area contributed by atoms with Gasteiger partial charge in [-0.05, 0) is 30.2 Å². The Labute approximate surface area is 121 Å². The quantitative estimate of drug-likeness (QED) is 0.838. The van der Waals surface area contributed by atoms with E-state index in [9.17, 15) is 0 Å². The second-order valence-corrected chi connectivity index (χ2v) is 4.97. The lowest BCUT2D eigenvalue weighted by Crippen LogP contribution is -2.24. The maximum absolute atomic E-state index is 5.61. The number of rotatable bonds is 7. The Morgan fingerprint density at radius 2 is 1.90 bits per heavy atom. The molecule has 0 aliphatic rings. The second-order valence-electron chi connectivity index (χ2n) is 4.97. The molecule has 0 aliphatic heterocycles. The Balaban J connectivity index is 2.10. The molecule has 106 valence electrons. The van der Waals surface area contributed by atoms with Crippen molar-refractivity contribution in [3.8, 4) is 0 Å². The third-order valence-electron chi connectivity index (χ3n) is 3.38. The van der Waals surface area contributed by atoms with Crippen LogP contribution in [0.4, 0.5) is 5.69 Å². The number of nitrogens with zero attached hydrogens (tertiary/aromatic N) is 2. The van der Waals surface area contributed by atoms with Crippen molar-refractivity contribution in [1.29, 1.82) is 0 Å². The highest BCUT2D eigenvalue weighted by molar-refractivity contribution is 5.46. The first-order valence-corrected chi connectivity index (χ1v) is 7.27.